The normalized spacial score (nSPS) is 9.47. The number of hydrogen-bond donors (Lipinski definition) is 0. The summed E-state index contributed by atoms with van der Waals surface area (Å²) < 4.78 is 35.0. The SMILES string of the molecule is CC.Cc1cccc(C#CC(F)(F)F)c1. The lowest BCUT2D eigenvalue weighted by Gasteiger charge is -1.94. The molecule has 82 valence electrons. The van der Waals surface area contributed by atoms with E-state index in [0.29, 0.717) is 5.56 Å². The van der Waals surface area contributed by atoms with Gasteiger partial charge < -0.3 is 0 Å². The van der Waals surface area contributed by atoms with Gasteiger partial charge in [0.1, 0.15) is 0 Å². The summed E-state index contributed by atoms with van der Waals surface area (Å²) in [6, 6.07) is 6.64. The van der Waals surface area contributed by atoms with Crippen molar-refractivity contribution in [3.05, 3.63) is 35.4 Å². The van der Waals surface area contributed by atoms with E-state index in [-0.39, 0.29) is 0 Å². The molecule has 15 heavy (non-hydrogen) atoms. The lowest BCUT2D eigenvalue weighted by Crippen LogP contribution is -2.01. The summed E-state index contributed by atoms with van der Waals surface area (Å²) in [5.74, 6) is 3.27. The quantitative estimate of drug-likeness (QED) is 0.574. The Hall–Kier alpha value is -1.43. The molecule has 0 radical (unpaired) electrons. The van der Waals surface area contributed by atoms with Crippen LogP contribution < -0.4 is 0 Å². The number of benzene rings is 1. The lowest BCUT2D eigenvalue weighted by molar-refractivity contribution is -0.0696. The highest BCUT2D eigenvalue weighted by Crippen LogP contribution is 2.12. The second kappa shape index (κ2) is 6.13. The third-order valence-electron chi connectivity index (χ3n) is 1.37. The molecular formula is C12H13F3. The van der Waals surface area contributed by atoms with E-state index in [4.69, 9.17) is 0 Å². The van der Waals surface area contributed by atoms with Gasteiger partial charge >= 0.3 is 6.18 Å². The van der Waals surface area contributed by atoms with Crippen molar-refractivity contribution in [1.29, 1.82) is 0 Å². The zero-order chi connectivity index (χ0) is 11.9. The zero-order valence-electron chi connectivity index (χ0n) is 8.94. The van der Waals surface area contributed by atoms with Gasteiger partial charge in [0.15, 0.2) is 0 Å². The van der Waals surface area contributed by atoms with Crippen molar-refractivity contribution in [2.45, 2.75) is 26.9 Å². The Kier molecular flexibility index (Phi) is 5.54. The van der Waals surface area contributed by atoms with E-state index in [1.807, 2.05) is 13.8 Å². The first-order chi connectivity index (χ1) is 6.97. The molecule has 0 N–H and O–H groups in total. The van der Waals surface area contributed by atoms with Crippen molar-refractivity contribution < 1.29 is 13.2 Å². The molecule has 3 heteroatoms. The summed E-state index contributed by atoms with van der Waals surface area (Å²) in [5, 5.41) is 0. The molecular weight excluding hydrogens is 201 g/mol. The lowest BCUT2D eigenvalue weighted by atomic mass is 10.1. The molecule has 1 aromatic rings. The Morgan fingerprint density at radius 2 is 1.73 bits per heavy atom. The maximum atomic E-state index is 11.7. The molecule has 0 unspecified atom stereocenters. The van der Waals surface area contributed by atoms with Crippen molar-refractivity contribution in [3.8, 4) is 11.8 Å². The minimum Gasteiger partial charge on any atom is -0.159 e. The Morgan fingerprint density at radius 3 is 2.20 bits per heavy atom. The van der Waals surface area contributed by atoms with Crippen molar-refractivity contribution in [1.82, 2.24) is 0 Å². The van der Waals surface area contributed by atoms with Crippen LogP contribution in [0.4, 0.5) is 13.2 Å². The molecule has 0 saturated heterocycles. The molecule has 0 spiro atoms. The highest BCUT2D eigenvalue weighted by molar-refractivity contribution is 5.37. The number of halogens is 3. The molecule has 0 saturated carbocycles. The van der Waals surface area contributed by atoms with E-state index >= 15 is 0 Å². The summed E-state index contributed by atoms with van der Waals surface area (Å²) >= 11 is 0. The molecule has 0 heterocycles. The van der Waals surface area contributed by atoms with Crippen LogP contribution in [0.1, 0.15) is 25.0 Å². The highest BCUT2D eigenvalue weighted by Gasteiger charge is 2.22. The van der Waals surface area contributed by atoms with Crippen molar-refractivity contribution in [2.24, 2.45) is 0 Å². The maximum Gasteiger partial charge on any atom is 0.458 e. The second-order valence-corrected chi connectivity index (χ2v) is 2.62. The topological polar surface area (TPSA) is 0 Å². The average Bonchev–Trinajstić information content (AvgIpc) is 2.17. The monoisotopic (exact) mass is 214 g/mol. The van der Waals surface area contributed by atoms with Gasteiger partial charge in [-0.25, -0.2) is 0 Å². The van der Waals surface area contributed by atoms with Crippen LogP contribution in [0.3, 0.4) is 0 Å². The highest BCUT2D eigenvalue weighted by atomic mass is 19.4. The molecule has 1 rings (SSSR count). The Morgan fingerprint density at radius 1 is 1.13 bits per heavy atom. The Bertz CT molecular complexity index is 353. The summed E-state index contributed by atoms with van der Waals surface area (Å²) in [7, 11) is 0. The fourth-order valence-corrected chi connectivity index (χ4v) is 0.866. The van der Waals surface area contributed by atoms with Gasteiger partial charge in [0.2, 0.25) is 0 Å². The van der Waals surface area contributed by atoms with E-state index in [1.165, 1.54) is 5.92 Å². The second-order valence-electron chi connectivity index (χ2n) is 2.62. The van der Waals surface area contributed by atoms with Crippen LogP contribution in [0.25, 0.3) is 0 Å². The van der Waals surface area contributed by atoms with Crippen LogP contribution in [0.2, 0.25) is 0 Å². The molecule has 0 aliphatic rings. The first-order valence-corrected chi connectivity index (χ1v) is 4.64. The van der Waals surface area contributed by atoms with Crippen LogP contribution in [-0.2, 0) is 0 Å². The van der Waals surface area contributed by atoms with Gasteiger partial charge in [-0.1, -0.05) is 31.9 Å². The molecule has 0 fully saturated rings. The van der Waals surface area contributed by atoms with Crippen molar-refractivity contribution >= 4 is 0 Å². The van der Waals surface area contributed by atoms with Crippen LogP contribution in [0, 0.1) is 18.8 Å². The van der Waals surface area contributed by atoms with E-state index in [0.717, 1.165) is 5.56 Å². The third kappa shape index (κ3) is 6.62. The number of rotatable bonds is 0. The van der Waals surface area contributed by atoms with Crippen LogP contribution in [-0.4, -0.2) is 6.18 Å². The Balaban J connectivity index is 0.000000921. The van der Waals surface area contributed by atoms with E-state index < -0.39 is 6.18 Å². The van der Waals surface area contributed by atoms with E-state index in [2.05, 4.69) is 5.92 Å². The molecule has 0 atom stereocenters. The molecule has 0 aromatic heterocycles. The van der Waals surface area contributed by atoms with Crippen LogP contribution in [0.5, 0.6) is 0 Å². The predicted molar refractivity (Wildman–Crippen MR) is 55.5 cm³/mol. The smallest absolute Gasteiger partial charge is 0.159 e. The number of alkyl halides is 3. The minimum atomic E-state index is -4.41. The van der Waals surface area contributed by atoms with Crippen molar-refractivity contribution in [3.63, 3.8) is 0 Å². The van der Waals surface area contributed by atoms with E-state index in [1.54, 1.807) is 31.2 Å². The zero-order valence-corrected chi connectivity index (χ0v) is 8.94. The summed E-state index contributed by atoms with van der Waals surface area (Å²) in [4.78, 5) is 0. The molecule has 0 aliphatic heterocycles. The van der Waals surface area contributed by atoms with Gasteiger partial charge in [0.25, 0.3) is 0 Å². The molecule has 0 nitrogen and oxygen atoms in total. The first kappa shape index (κ1) is 13.6. The van der Waals surface area contributed by atoms with Gasteiger partial charge in [0.05, 0.1) is 0 Å². The summed E-state index contributed by atoms with van der Waals surface area (Å²) in [6.45, 7) is 5.80. The largest absolute Gasteiger partial charge is 0.458 e. The molecule has 0 amide bonds. The molecule has 1 aromatic carbocycles. The van der Waals surface area contributed by atoms with Crippen molar-refractivity contribution in [2.75, 3.05) is 0 Å². The fourth-order valence-electron chi connectivity index (χ4n) is 0.866. The Labute approximate surface area is 88.1 Å². The minimum absolute atomic E-state index is 0.386. The van der Waals surface area contributed by atoms with Gasteiger partial charge in [0, 0.05) is 11.5 Å². The van der Waals surface area contributed by atoms with Gasteiger partial charge in [-0.2, -0.15) is 13.2 Å². The first-order valence-electron chi connectivity index (χ1n) is 4.64. The van der Waals surface area contributed by atoms with E-state index in [9.17, 15) is 13.2 Å². The number of hydrogen-bond acceptors (Lipinski definition) is 0. The molecule has 0 bridgehead atoms. The number of aryl methyl sites for hydroxylation is 1. The van der Waals surface area contributed by atoms with Gasteiger partial charge in [-0.15, -0.1) is 0 Å². The summed E-state index contributed by atoms with van der Waals surface area (Å²) in [6.07, 6.45) is -4.41. The van der Waals surface area contributed by atoms with Gasteiger partial charge in [-0.3, -0.25) is 0 Å². The van der Waals surface area contributed by atoms with Gasteiger partial charge in [-0.05, 0) is 24.6 Å². The standard InChI is InChI=1S/C10H7F3.C2H6/c1-8-3-2-4-9(7-8)5-6-10(11,12)13;1-2/h2-4,7H,1H3;1-2H3. The fraction of sp³-hybridized carbons (Fsp3) is 0.333. The van der Waals surface area contributed by atoms with Crippen LogP contribution >= 0.6 is 0 Å². The maximum absolute atomic E-state index is 11.7. The third-order valence-corrected chi connectivity index (χ3v) is 1.37. The predicted octanol–water partition coefficient (Wildman–Crippen LogP) is 3.94. The van der Waals surface area contributed by atoms with Crippen LogP contribution in [0.15, 0.2) is 24.3 Å². The average molecular weight is 214 g/mol. The molecule has 0 aliphatic carbocycles. The summed E-state index contributed by atoms with van der Waals surface area (Å²) in [5.41, 5.74) is 1.28.